The highest BCUT2D eigenvalue weighted by Crippen LogP contribution is 2.26. The van der Waals surface area contributed by atoms with E-state index in [4.69, 9.17) is 10.5 Å². The third kappa shape index (κ3) is 4.51. The Bertz CT molecular complexity index is 566. The van der Waals surface area contributed by atoms with Crippen LogP contribution in [0.4, 0.5) is 0 Å². The molecule has 0 saturated heterocycles. The number of hydrogen-bond acceptors (Lipinski definition) is 3. The molecule has 0 radical (unpaired) electrons. The average Bonchev–Trinajstić information content (AvgIpc) is 2.53. The molecule has 0 bridgehead atoms. The SMILES string of the molecule is COc1cccc(C(N)CSc2ccc(C(C)C)cc2)c1. The molecule has 1 unspecified atom stereocenters. The number of ether oxygens (including phenoxy) is 1. The van der Waals surface area contributed by atoms with Crippen LogP contribution in [0.15, 0.2) is 53.4 Å². The van der Waals surface area contributed by atoms with Crippen LogP contribution in [0.5, 0.6) is 5.75 Å². The van der Waals surface area contributed by atoms with Gasteiger partial charge in [0, 0.05) is 16.7 Å². The van der Waals surface area contributed by atoms with Crippen LogP contribution in [0.3, 0.4) is 0 Å². The zero-order chi connectivity index (χ0) is 15.2. The van der Waals surface area contributed by atoms with Gasteiger partial charge in [0.15, 0.2) is 0 Å². The molecule has 112 valence electrons. The van der Waals surface area contributed by atoms with Gasteiger partial charge in [0.1, 0.15) is 5.75 Å². The summed E-state index contributed by atoms with van der Waals surface area (Å²) in [5, 5.41) is 0. The lowest BCUT2D eigenvalue weighted by Gasteiger charge is -2.13. The summed E-state index contributed by atoms with van der Waals surface area (Å²) in [5.74, 6) is 2.28. The van der Waals surface area contributed by atoms with Gasteiger partial charge in [0.2, 0.25) is 0 Å². The standard InChI is InChI=1S/C18H23NOS/c1-13(2)14-7-9-17(10-8-14)21-12-18(19)15-5-4-6-16(11-15)20-3/h4-11,13,18H,12,19H2,1-3H3. The Kier molecular flexibility index (Phi) is 5.71. The molecule has 0 aromatic heterocycles. The van der Waals surface area contributed by atoms with Gasteiger partial charge in [0.05, 0.1) is 7.11 Å². The molecule has 0 spiro atoms. The van der Waals surface area contributed by atoms with Crippen LogP contribution in [-0.4, -0.2) is 12.9 Å². The summed E-state index contributed by atoms with van der Waals surface area (Å²) >= 11 is 1.79. The van der Waals surface area contributed by atoms with Crippen LogP contribution in [-0.2, 0) is 0 Å². The van der Waals surface area contributed by atoms with Crippen molar-refractivity contribution in [3.63, 3.8) is 0 Å². The number of thioether (sulfide) groups is 1. The molecule has 1 atom stereocenters. The fourth-order valence-electron chi connectivity index (χ4n) is 2.10. The van der Waals surface area contributed by atoms with Gasteiger partial charge in [-0.15, -0.1) is 11.8 Å². The molecule has 0 aliphatic carbocycles. The van der Waals surface area contributed by atoms with Gasteiger partial charge < -0.3 is 10.5 Å². The number of hydrogen-bond donors (Lipinski definition) is 1. The molecule has 2 aromatic carbocycles. The predicted octanol–water partition coefficient (Wildman–Crippen LogP) is 4.61. The molecule has 2 rings (SSSR count). The van der Waals surface area contributed by atoms with E-state index in [0.717, 1.165) is 17.1 Å². The Morgan fingerprint density at radius 3 is 2.38 bits per heavy atom. The quantitative estimate of drug-likeness (QED) is 0.791. The average molecular weight is 301 g/mol. The number of benzene rings is 2. The molecular formula is C18H23NOS. The molecular weight excluding hydrogens is 278 g/mol. The number of rotatable bonds is 6. The Labute approximate surface area is 131 Å². The minimum Gasteiger partial charge on any atom is -0.497 e. The van der Waals surface area contributed by atoms with Crippen LogP contribution in [0, 0.1) is 0 Å². The highest BCUT2D eigenvalue weighted by molar-refractivity contribution is 7.99. The summed E-state index contributed by atoms with van der Waals surface area (Å²) in [6.07, 6.45) is 0. The van der Waals surface area contributed by atoms with Gasteiger partial charge in [-0.05, 0) is 41.3 Å². The summed E-state index contributed by atoms with van der Waals surface area (Å²) in [6.45, 7) is 4.42. The first-order chi connectivity index (χ1) is 10.1. The van der Waals surface area contributed by atoms with Crippen molar-refractivity contribution in [1.29, 1.82) is 0 Å². The maximum Gasteiger partial charge on any atom is 0.119 e. The summed E-state index contributed by atoms with van der Waals surface area (Å²) in [4.78, 5) is 1.26. The molecule has 0 heterocycles. The van der Waals surface area contributed by atoms with Gasteiger partial charge >= 0.3 is 0 Å². The maximum atomic E-state index is 6.27. The van der Waals surface area contributed by atoms with Crippen molar-refractivity contribution < 1.29 is 4.74 Å². The van der Waals surface area contributed by atoms with E-state index in [1.54, 1.807) is 18.9 Å². The second kappa shape index (κ2) is 7.53. The van der Waals surface area contributed by atoms with E-state index in [-0.39, 0.29) is 6.04 Å². The zero-order valence-corrected chi connectivity index (χ0v) is 13.7. The van der Waals surface area contributed by atoms with Crippen molar-refractivity contribution in [3.05, 3.63) is 59.7 Å². The maximum absolute atomic E-state index is 6.27. The van der Waals surface area contributed by atoms with Crippen molar-refractivity contribution in [2.24, 2.45) is 5.73 Å². The van der Waals surface area contributed by atoms with Crippen LogP contribution >= 0.6 is 11.8 Å². The zero-order valence-electron chi connectivity index (χ0n) is 12.9. The van der Waals surface area contributed by atoms with E-state index in [2.05, 4.69) is 44.2 Å². The van der Waals surface area contributed by atoms with Crippen LogP contribution in [0.1, 0.15) is 36.9 Å². The summed E-state index contributed by atoms with van der Waals surface area (Å²) in [6, 6.07) is 16.7. The second-order valence-electron chi connectivity index (χ2n) is 5.42. The smallest absolute Gasteiger partial charge is 0.119 e. The van der Waals surface area contributed by atoms with E-state index in [1.165, 1.54) is 10.5 Å². The molecule has 21 heavy (non-hydrogen) atoms. The highest BCUT2D eigenvalue weighted by Gasteiger charge is 2.08. The highest BCUT2D eigenvalue weighted by atomic mass is 32.2. The fraction of sp³-hybridized carbons (Fsp3) is 0.333. The van der Waals surface area contributed by atoms with Crippen LogP contribution < -0.4 is 10.5 Å². The van der Waals surface area contributed by atoms with E-state index >= 15 is 0 Å². The van der Waals surface area contributed by atoms with E-state index in [1.807, 2.05) is 18.2 Å². The molecule has 2 aromatic rings. The third-order valence-electron chi connectivity index (χ3n) is 3.50. The fourth-order valence-corrected chi connectivity index (χ4v) is 3.00. The third-order valence-corrected chi connectivity index (χ3v) is 4.63. The largest absolute Gasteiger partial charge is 0.497 e. The monoisotopic (exact) mass is 301 g/mol. The minimum absolute atomic E-state index is 0.00914. The Hall–Kier alpha value is -1.45. The Balaban J connectivity index is 1.95. The van der Waals surface area contributed by atoms with Crippen molar-refractivity contribution in [2.45, 2.75) is 30.7 Å². The normalized spacial score (nSPS) is 12.4. The van der Waals surface area contributed by atoms with Gasteiger partial charge in [-0.25, -0.2) is 0 Å². The molecule has 0 fully saturated rings. The lowest BCUT2D eigenvalue weighted by Crippen LogP contribution is -2.12. The second-order valence-corrected chi connectivity index (χ2v) is 6.51. The van der Waals surface area contributed by atoms with Crippen molar-refractivity contribution in [2.75, 3.05) is 12.9 Å². The Morgan fingerprint density at radius 2 is 1.76 bits per heavy atom. The van der Waals surface area contributed by atoms with E-state index in [0.29, 0.717) is 5.92 Å². The van der Waals surface area contributed by atoms with Crippen LogP contribution in [0.25, 0.3) is 0 Å². The van der Waals surface area contributed by atoms with Crippen LogP contribution in [0.2, 0.25) is 0 Å². The van der Waals surface area contributed by atoms with E-state index < -0.39 is 0 Å². The van der Waals surface area contributed by atoms with Crippen molar-refractivity contribution >= 4 is 11.8 Å². The van der Waals surface area contributed by atoms with Gasteiger partial charge in [-0.1, -0.05) is 38.1 Å². The summed E-state index contributed by atoms with van der Waals surface area (Å²) in [5.41, 5.74) is 8.75. The molecule has 0 aliphatic heterocycles. The van der Waals surface area contributed by atoms with Gasteiger partial charge in [0.25, 0.3) is 0 Å². The molecule has 3 heteroatoms. The topological polar surface area (TPSA) is 35.2 Å². The summed E-state index contributed by atoms with van der Waals surface area (Å²) < 4.78 is 5.24. The molecule has 0 saturated carbocycles. The minimum atomic E-state index is 0.00914. The first kappa shape index (κ1) is 15.9. The van der Waals surface area contributed by atoms with E-state index in [9.17, 15) is 0 Å². The lowest BCUT2D eigenvalue weighted by molar-refractivity contribution is 0.414. The van der Waals surface area contributed by atoms with Crippen molar-refractivity contribution in [3.8, 4) is 5.75 Å². The van der Waals surface area contributed by atoms with Crippen molar-refractivity contribution in [1.82, 2.24) is 0 Å². The molecule has 0 aliphatic rings. The first-order valence-electron chi connectivity index (χ1n) is 7.22. The molecule has 2 N–H and O–H groups in total. The van der Waals surface area contributed by atoms with Gasteiger partial charge in [-0.3, -0.25) is 0 Å². The predicted molar refractivity (Wildman–Crippen MR) is 91.2 cm³/mol. The number of nitrogens with two attached hydrogens (primary N) is 1. The first-order valence-corrected chi connectivity index (χ1v) is 8.21. The molecule has 0 amide bonds. The van der Waals surface area contributed by atoms with Gasteiger partial charge in [-0.2, -0.15) is 0 Å². The Morgan fingerprint density at radius 1 is 1.05 bits per heavy atom. The summed E-state index contributed by atoms with van der Waals surface area (Å²) in [7, 11) is 1.68. The lowest BCUT2D eigenvalue weighted by atomic mass is 10.0. The molecule has 2 nitrogen and oxygen atoms in total. The number of methoxy groups -OCH3 is 1.